The van der Waals surface area contributed by atoms with Crippen LogP contribution < -0.4 is 5.73 Å². The summed E-state index contributed by atoms with van der Waals surface area (Å²) in [6, 6.07) is 0. The first-order chi connectivity index (χ1) is 47.3. The Hall–Kier alpha value is -2.03. The number of carbonyl (C=O) groups excluding carboxylic acids is 2. The molecule has 0 heterocycles. The maximum absolute atomic E-state index is 12.8. The van der Waals surface area contributed by atoms with Gasteiger partial charge in [-0.3, -0.25) is 18.6 Å². The van der Waals surface area contributed by atoms with Crippen LogP contribution in [0.25, 0.3) is 0 Å². The zero-order chi connectivity index (χ0) is 69.3. The van der Waals surface area contributed by atoms with Crippen LogP contribution in [-0.2, 0) is 32.7 Å². The normalized spacial score (nSPS) is 13.0. The molecule has 0 aromatic rings. The first kappa shape index (κ1) is 94.0. The highest BCUT2D eigenvalue weighted by atomic mass is 31.2. The largest absolute Gasteiger partial charge is 0.472 e. The smallest absolute Gasteiger partial charge is 0.462 e. The maximum Gasteiger partial charge on any atom is 0.472 e. The van der Waals surface area contributed by atoms with Crippen LogP contribution >= 0.6 is 7.82 Å². The number of esters is 2. The number of phosphoric ester groups is 1. The second kappa shape index (κ2) is 81.9. The lowest BCUT2D eigenvalue weighted by atomic mass is 10.0. The minimum Gasteiger partial charge on any atom is -0.462 e. The summed E-state index contributed by atoms with van der Waals surface area (Å²) in [5, 5.41) is 0. The van der Waals surface area contributed by atoms with Crippen LogP contribution in [0.5, 0.6) is 0 Å². The van der Waals surface area contributed by atoms with Crippen LogP contribution in [0.3, 0.4) is 0 Å². The lowest BCUT2D eigenvalue weighted by Crippen LogP contribution is -2.29. The van der Waals surface area contributed by atoms with Crippen molar-refractivity contribution in [3.05, 3.63) is 48.6 Å². The summed E-state index contributed by atoms with van der Waals surface area (Å²) in [5.41, 5.74) is 5.42. The molecule has 10 heteroatoms. The zero-order valence-electron chi connectivity index (χ0n) is 64.1. The van der Waals surface area contributed by atoms with Gasteiger partial charge in [0, 0.05) is 19.4 Å². The number of ether oxygens (including phenoxy) is 2. The van der Waals surface area contributed by atoms with E-state index >= 15 is 0 Å². The lowest BCUT2D eigenvalue weighted by Gasteiger charge is -2.19. The number of unbranched alkanes of at least 4 members (excludes halogenated alkanes) is 61. The Bertz CT molecular complexity index is 1720. The fourth-order valence-corrected chi connectivity index (χ4v) is 14.0. The molecule has 0 aliphatic carbocycles. The lowest BCUT2D eigenvalue weighted by molar-refractivity contribution is -0.161. The Morgan fingerprint density at radius 3 is 0.854 bits per heavy atom. The molecule has 3 N–H and O–H groups in total. The molecule has 0 aromatic heterocycles. The Morgan fingerprint density at radius 2 is 0.573 bits per heavy atom. The van der Waals surface area contributed by atoms with Gasteiger partial charge in [-0.2, -0.15) is 0 Å². The number of rotatable bonds is 82. The van der Waals surface area contributed by atoms with Crippen molar-refractivity contribution >= 4 is 19.8 Å². The second-order valence-corrected chi connectivity index (χ2v) is 30.5. The van der Waals surface area contributed by atoms with E-state index in [1.54, 1.807) is 0 Å². The van der Waals surface area contributed by atoms with Crippen LogP contribution in [0.1, 0.15) is 457 Å². The van der Waals surface area contributed by atoms with Gasteiger partial charge in [-0.1, -0.05) is 441 Å². The molecule has 0 spiro atoms. The van der Waals surface area contributed by atoms with Gasteiger partial charge in [0.2, 0.25) is 0 Å². The number of hydrogen-bond donors (Lipinski definition) is 2. The number of nitrogens with two attached hydrogens (primary N) is 1. The van der Waals surface area contributed by atoms with Crippen molar-refractivity contribution in [3.63, 3.8) is 0 Å². The number of carbonyl (C=O) groups is 2. The average molecular weight is 1370 g/mol. The van der Waals surface area contributed by atoms with E-state index in [-0.39, 0.29) is 38.6 Å². The van der Waals surface area contributed by atoms with Crippen molar-refractivity contribution in [3.8, 4) is 0 Å². The first-order valence-corrected chi connectivity index (χ1v) is 44.1. The third-order valence-corrected chi connectivity index (χ3v) is 20.5. The van der Waals surface area contributed by atoms with Gasteiger partial charge in [0.05, 0.1) is 13.2 Å². The van der Waals surface area contributed by atoms with Gasteiger partial charge in [0.1, 0.15) is 6.61 Å². The molecule has 9 nitrogen and oxygen atoms in total. The van der Waals surface area contributed by atoms with Gasteiger partial charge >= 0.3 is 19.8 Å². The summed E-state index contributed by atoms with van der Waals surface area (Å²) in [7, 11) is -4.39. The van der Waals surface area contributed by atoms with E-state index < -0.39 is 26.5 Å². The van der Waals surface area contributed by atoms with Crippen LogP contribution in [0.4, 0.5) is 0 Å². The molecule has 96 heavy (non-hydrogen) atoms. The van der Waals surface area contributed by atoms with Crippen molar-refractivity contribution in [2.24, 2.45) is 5.73 Å². The molecule has 0 bridgehead atoms. The quantitative estimate of drug-likeness (QED) is 0.0264. The number of allylic oxidation sites excluding steroid dienone is 8. The van der Waals surface area contributed by atoms with Crippen molar-refractivity contribution in [1.82, 2.24) is 0 Å². The molecule has 0 amide bonds. The highest BCUT2D eigenvalue weighted by molar-refractivity contribution is 7.47. The van der Waals surface area contributed by atoms with E-state index in [0.29, 0.717) is 6.42 Å². The molecule has 566 valence electrons. The van der Waals surface area contributed by atoms with E-state index in [9.17, 15) is 19.0 Å². The van der Waals surface area contributed by atoms with Crippen molar-refractivity contribution in [2.45, 2.75) is 463 Å². The Morgan fingerprint density at radius 1 is 0.323 bits per heavy atom. The fourth-order valence-electron chi connectivity index (χ4n) is 13.2. The summed E-state index contributed by atoms with van der Waals surface area (Å²) in [4.78, 5) is 35.5. The number of phosphoric acid groups is 1. The second-order valence-electron chi connectivity index (χ2n) is 29.0. The SMILES string of the molecule is CC/C=C\C/C=C\C/C=C\C/C=C\CCCCCCCCCCCCCCCCCCCCCCCCCCC(=O)OC(COC(=O)CCCCCCCCCCCCCCCCCCCCCCCCCCCCCCCCCCCCCCCC)COP(=O)(O)OCCN. The van der Waals surface area contributed by atoms with Crippen LogP contribution in [0.2, 0.25) is 0 Å². The zero-order valence-corrected chi connectivity index (χ0v) is 65.0. The summed E-state index contributed by atoms with van der Waals surface area (Å²) >= 11 is 0. The summed E-state index contributed by atoms with van der Waals surface area (Å²) in [6.45, 7) is 3.73. The van der Waals surface area contributed by atoms with Gasteiger partial charge in [0.25, 0.3) is 0 Å². The third kappa shape index (κ3) is 80.9. The molecule has 0 saturated carbocycles. The predicted octanol–water partition coefficient (Wildman–Crippen LogP) is 28.7. The predicted molar refractivity (Wildman–Crippen MR) is 418 cm³/mol. The van der Waals surface area contributed by atoms with E-state index in [4.69, 9.17) is 24.3 Å². The molecule has 0 saturated heterocycles. The third-order valence-electron chi connectivity index (χ3n) is 19.5. The van der Waals surface area contributed by atoms with Gasteiger partial charge in [-0.15, -0.1) is 0 Å². The monoisotopic (exact) mass is 1370 g/mol. The van der Waals surface area contributed by atoms with Crippen LogP contribution in [0, 0.1) is 0 Å². The van der Waals surface area contributed by atoms with E-state index in [1.807, 2.05) is 0 Å². The Labute approximate surface area is 597 Å². The van der Waals surface area contributed by atoms with Gasteiger partial charge in [0.15, 0.2) is 6.10 Å². The summed E-state index contributed by atoms with van der Waals surface area (Å²) < 4.78 is 33.3. The molecule has 0 radical (unpaired) electrons. The minimum atomic E-state index is -4.39. The number of hydrogen-bond acceptors (Lipinski definition) is 8. The van der Waals surface area contributed by atoms with Gasteiger partial charge < -0.3 is 20.1 Å². The van der Waals surface area contributed by atoms with Crippen molar-refractivity contribution in [1.29, 1.82) is 0 Å². The summed E-state index contributed by atoms with van der Waals surface area (Å²) in [5.74, 6) is -0.799. The Kier molecular flexibility index (Phi) is 80.2. The fraction of sp³-hybridized carbons (Fsp3) is 0.884. The van der Waals surface area contributed by atoms with E-state index in [1.165, 1.54) is 366 Å². The van der Waals surface area contributed by atoms with Crippen LogP contribution in [0.15, 0.2) is 48.6 Å². The molecule has 0 aromatic carbocycles. The molecular formula is C86H164NO8P. The highest BCUT2D eigenvalue weighted by Crippen LogP contribution is 2.43. The minimum absolute atomic E-state index is 0.0566. The standard InChI is InChI=1S/C86H164NO8P/c1-3-5-7-9-11-13-15-17-19-21-23-25-27-29-31-33-35-37-39-41-43-44-46-48-50-52-54-56-58-60-62-64-66-68-70-72-74-76-78-85(88)92-82-84(83-94-96(90,91)93-81-80-87)95-86(89)79-77-75-73-71-69-67-65-63-61-59-57-55-53-51-49-47-45-42-40-38-36-34-32-30-28-26-24-22-20-18-16-14-12-10-8-6-4-2/h6,8,12,14,18,20,24,26,84H,3-5,7,9-11,13,15-17,19,21-23,25,27-83,87H2,1-2H3,(H,90,91)/b8-6-,14-12-,20-18-,26-24-. The topological polar surface area (TPSA) is 134 Å². The molecular weight excluding hydrogens is 1210 g/mol. The highest BCUT2D eigenvalue weighted by Gasteiger charge is 2.26. The molecule has 0 aliphatic rings. The van der Waals surface area contributed by atoms with Crippen molar-refractivity contribution in [2.75, 3.05) is 26.4 Å². The summed E-state index contributed by atoms with van der Waals surface area (Å²) in [6.07, 6.45) is 107. The van der Waals surface area contributed by atoms with Crippen LogP contribution in [-0.4, -0.2) is 49.3 Å². The van der Waals surface area contributed by atoms with Gasteiger partial charge in [-0.25, -0.2) is 4.57 Å². The maximum atomic E-state index is 12.8. The van der Waals surface area contributed by atoms with Gasteiger partial charge in [-0.05, 0) is 51.4 Å². The molecule has 0 rings (SSSR count). The van der Waals surface area contributed by atoms with E-state index in [2.05, 4.69) is 62.5 Å². The first-order valence-electron chi connectivity index (χ1n) is 42.6. The molecule has 2 atom stereocenters. The van der Waals surface area contributed by atoms with Crippen molar-refractivity contribution < 1.29 is 37.6 Å². The average Bonchev–Trinajstić information content (AvgIpc) is 1.90. The molecule has 0 aliphatic heterocycles. The molecule has 0 fully saturated rings. The van der Waals surface area contributed by atoms with E-state index in [0.717, 1.165) is 57.8 Å². The Balaban J connectivity index is 3.71. The molecule has 2 unspecified atom stereocenters.